The molecule has 2 aromatic rings. The average Bonchev–Trinajstić information content (AvgIpc) is 3.12. The molecular weight excluding hydrogens is 461 g/mol. The lowest BCUT2D eigenvalue weighted by molar-refractivity contribution is -0.137. The number of halogens is 2. The molecule has 0 saturated carbocycles. The molecule has 2 aliphatic heterocycles. The number of hydrogen-bond donors (Lipinski definition) is 0. The molecular formula is C25H27Cl2N3O3. The van der Waals surface area contributed by atoms with E-state index in [1.165, 1.54) is 0 Å². The van der Waals surface area contributed by atoms with Gasteiger partial charge in [-0.3, -0.25) is 14.4 Å². The first-order chi connectivity index (χ1) is 15.8. The van der Waals surface area contributed by atoms with Gasteiger partial charge in [-0.05, 0) is 29.8 Å². The van der Waals surface area contributed by atoms with Crippen molar-refractivity contribution in [2.75, 3.05) is 37.6 Å². The van der Waals surface area contributed by atoms with Crippen LogP contribution >= 0.6 is 23.2 Å². The minimum atomic E-state index is -0.379. The number of amides is 2. The Morgan fingerprint density at radius 1 is 1.00 bits per heavy atom. The number of piperazine rings is 1. The summed E-state index contributed by atoms with van der Waals surface area (Å²) in [5, 5.41) is 1.17. The van der Waals surface area contributed by atoms with Gasteiger partial charge in [0.25, 0.3) is 5.91 Å². The molecule has 33 heavy (non-hydrogen) atoms. The zero-order valence-corrected chi connectivity index (χ0v) is 20.1. The van der Waals surface area contributed by atoms with Gasteiger partial charge >= 0.3 is 0 Å². The maximum Gasteiger partial charge on any atom is 0.254 e. The fourth-order valence-corrected chi connectivity index (χ4v) is 5.02. The van der Waals surface area contributed by atoms with E-state index in [9.17, 15) is 14.4 Å². The molecule has 0 aliphatic carbocycles. The van der Waals surface area contributed by atoms with Gasteiger partial charge < -0.3 is 14.7 Å². The minimum absolute atomic E-state index is 0.00298. The van der Waals surface area contributed by atoms with Crippen molar-refractivity contribution < 1.29 is 14.4 Å². The van der Waals surface area contributed by atoms with E-state index < -0.39 is 0 Å². The zero-order valence-electron chi connectivity index (χ0n) is 18.6. The van der Waals surface area contributed by atoms with Crippen LogP contribution in [0.4, 0.5) is 5.69 Å². The highest BCUT2D eigenvalue weighted by Crippen LogP contribution is 2.27. The van der Waals surface area contributed by atoms with E-state index in [0.29, 0.717) is 54.9 Å². The van der Waals surface area contributed by atoms with Crippen LogP contribution in [0.5, 0.6) is 0 Å². The summed E-state index contributed by atoms with van der Waals surface area (Å²) >= 11 is 12.2. The van der Waals surface area contributed by atoms with Crippen LogP contribution in [0.15, 0.2) is 42.5 Å². The molecule has 0 aromatic heterocycles. The van der Waals surface area contributed by atoms with E-state index in [1.54, 1.807) is 17.9 Å². The molecule has 1 saturated heterocycles. The summed E-state index contributed by atoms with van der Waals surface area (Å²) in [6.07, 6.45) is 0.457. The van der Waals surface area contributed by atoms with E-state index in [-0.39, 0.29) is 36.4 Å². The third-order valence-corrected chi connectivity index (χ3v) is 6.75. The van der Waals surface area contributed by atoms with Crippen LogP contribution in [0, 0.1) is 5.92 Å². The second-order valence-corrected chi connectivity index (χ2v) is 9.59. The summed E-state index contributed by atoms with van der Waals surface area (Å²) in [4.78, 5) is 43.6. The van der Waals surface area contributed by atoms with Crippen molar-refractivity contribution in [3.8, 4) is 0 Å². The van der Waals surface area contributed by atoms with Crippen LogP contribution in [-0.2, 0) is 16.1 Å². The number of ketones is 1. The van der Waals surface area contributed by atoms with Gasteiger partial charge in [0.05, 0.1) is 0 Å². The maximum atomic E-state index is 12.9. The number of fused-ring (bicyclic) bond motifs is 1. The first-order valence-electron chi connectivity index (χ1n) is 11.2. The lowest BCUT2D eigenvalue weighted by Crippen LogP contribution is -2.50. The molecule has 6 nitrogen and oxygen atoms in total. The van der Waals surface area contributed by atoms with Gasteiger partial charge in [0.2, 0.25) is 5.91 Å². The van der Waals surface area contributed by atoms with E-state index in [2.05, 4.69) is 4.90 Å². The first-order valence-corrected chi connectivity index (χ1v) is 12.0. The number of rotatable bonds is 7. The molecule has 0 N–H and O–H groups in total. The summed E-state index contributed by atoms with van der Waals surface area (Å²) in [5.41, 5.74) is 2.66. The van der Waals surface area contributed by atoms with Crippen LogP contribution in [0.3, 0.4) is 0 Å². The lowest BCUT2D eigenvalue weighted by Gasteiger charge is -2.37. The molecule has 8 heteroatoms. The molecule has 0 spiro atoms. The van der Waals surface area contributed by atoms with Gasteiger partial charge in [0, 0.05) is 79.3 Å². The summed E-state index contributed by atoms with van der Waals surface area (Å²) in [6, 6.07) is 13.0. The Kier molecular flexibility index (Phi) is 7.25. The number of carbonyl (C=O) groups excluding carboxylic acids is 3. The van der Waals surface area contributed by atoms with Crippen molar-refractivity contribution in [1.82, 2.24) is 9.80 Å². The Balaban J connectivity index is 1.23. The number of carbonyl (C=O) groups is 3. The van der Waals surface area contributed by atoms with Crippen LogP contribution in [0.25, 0.3) is 0 Å². The standard InChI is InChI=1S/C25H27Cl2N3O3/c1-17(12-22(31)6-7-30-16-18-4-2-3-5-23(18)25(30)33)24(32)29-10-8-28(9-11-29)21-14-19(26)13-20(27)15-21/h2-5,13-15,17H,6-12,16H2,1H3. The predicted molar refractivity (Wildman–Crippen MR) is 130 cm³/mol. The van der Waals surface area contributed by atoms with Gasteiger partial charge in [-0.1, -0.05) is 48.3 Å². The van der Waals surface area contributed by atoms with Crippen molar-refractivity contribution in [2.24, 2.45) is 5.92 Å². The third-order valence-electron chi connectivity index (χ3n) is 6.32. The molecule has 0 bridgehead atoms. The third kappa shape index (κ3) is 5.50. The molecule has 1 fully saturated rings. The zero-order chi connectivity index (χ0) is 23.5. The van der Waals surface area contributed by atoms with Crippen LogP contribution in [0.1, 0.15) is 35.7 Å². The smallest absolute Gasteiger partial charge is 0.254 e. The average molecular weight is 488 g/mol. The van der Waals surface area contributed by atoms with E-state index in [4.69, 9.17) is 23.2 Å². The summed E-state index contributed by atoms with van der Waals surface area (Å²) in [7, 11) is 0. The molecule has 2 heterocycles. The summed E-state index contributed by atoms with van der Waals surface area (Å²) in [5.74, 6) is -0.402. The monoisotopic (exact) mass is 487 g/mol. The highest BCUT2D eigenvalue weighted by molar-refractivity contribution is 6.35. The van der Waals surface area contributed by atoms with Crippen LogP contribution in [0.2, 0.25) is 10.0 Å². The molecule has 174 valence electrons. The van der Waals surface area contributed by atoms with Crippen molar-refractivity contribution >= 4 is 46.5 Å². The number of Topliss-reactive ketones (excluding diaryl/α,β-unsaturated/α-hetero) is 1. The van der Waals surface area contributed by atoms with Gasteiger partial charge in [-0.25, -0.2) is 0 Å². The normalized spacial score (nSPS) is 16.7. The van der Waals surface area contributed by atoms with Crippen molar-refractivity contribution in [1.29, 1.82) is 0 Å². The number of benzene rings is 2. The Hall–Kier alpha value is -2.57. The molecule has 0 radical (unpaired) electrons. The topological polar surface area (TPSA) is 60.9 Å². The molecule has 2 amide bonds. The Morgan fingerprint density at radius 3 is 2.33 bits per heavy atom. The van der Waals surface area contributed by atoms with Crippen LogP contribution in [-0.4, -0.2) is 60.1 Å². The molecule has 1 atom stereocenters. The highest BCUT2D eigenvalue weighted by Gasteiger charge is 2.29. The number of anilines is 1. The van der Waals surface area contributed by atoms with Gasteiger partial charge in [-0.15, -0.1) is 0 Å². The van der Waals surface area contributed by atoms with Gasteiger partial charge in [0.15, 0.2) is 0 Å². The Morgan fingerprint density at radius 2 is 1.67 bits per heavy atom. The largest absolute Gasteiger partial charge is 0.368 e. The molecule has 2 aliphatic rings. The SMILES string of the molecule is CC(CC(=O)CCN1Cc2ccccc2C1=O)C(=O)N1CCN(c2cc(Cl)cc(Cl)c2)CC1. The second-order valence-electron chi connectivity index (χ2n) is 8.72. The van der Waals surface area contributed by atoms with Crippen LogP contribution < -0.4 is 4.90 Å². The van der Waals surface area contributed by atoms with Crippen molar-refractivity contribution in [3.05, 3.63) is 63.6 Å². The molecule has 4 rings (SSSR count). The van der Waals surface area contributed by atoms with E-state index in [1.807, 2.05) is 41.3 Å². The number of hydrogen-bond acceptors (Lipinski definition) is 4. The Labute approximate surface area is 204 Å². The van der Waals surface area contributed by atoms with Crippen molar-refractivity contribution in [3.63, 3.8) is 0 Å². The fraction of sp³-hybridized carbons (Fsp3) is 0.400. The molecule has 2 aromatic carbocycles. The minimum Gasteiger partial charge on any atom is -0.368 e. The maximum absolute atomic E-state index is 12.9. The molecule has 1 unspecified atom stereocenters. The van der Waals surface area contributed by atoms with Gasteiger partial charge in [0.1, 0.15) is 5.78 Å². The Bertz CT molecular complexity index is 1050. The second kappa shape index (κ2) is 10.1. The summed E-state index contributed by atoms with van der Waals surface area (Å²) < 4.78 is 0. The quantitative estimate of drug-likeness (QED) is 0.584. The van der Waals surface area contributed by atoms with E-state index >= 15 is 0 Å². The predicted octanol–water partition coefficient (Wildman–Crippen LogP) is 4.28. The lowest BCUT2D eigenvalue weighted by atomic mass is 10.0. The van der Waals surface area contributed by atoms with Crippen molar-refractivity contribution in [2.45, 2.75) is 26.3 Å². The number of nitrogens with zero attached hydrogens (tertiary/aromatic N) is 3. The van der Waals surface area contributed by atoms with E-state index in [0.717, 1.165) is 11.3 Å². The fourth-order valence-electron chi connectivity index (χ4n) is 4.50. The first kappa shape index (κ1) is 23.6. The highest BCUT2D eigenvalue weighted by atomic mass is 35.5. The van der Waals surface area contributed by atoms with Gasteiger partial charge in [-0.2, -0.15) is 0 Å². The summed E-state index contributed by atoms with van der Waals surface area (Å²) in [6.45, 7) is 5.26.